The Labute approximate surface area is 101 Å². The molecule has 0 unspecified atom stereocenters. The zero-order valence-corrected chi connectivity index (χ0v) is 9.91. The van der Waals surface area contributed by atoms with Crippen LogP contribution in [0.15, 0.2) is 12.0 Å². The second-order valence-electron chi connectivity index (χ2n) is 4.75. The molecule has 0 aromatic heterocycles. The van der Waals surface area contributed by atoms with E-state index in [9.17, 15) is 9.90 Å². The smallest absolute Gasteiger partial charge is 0.289 e. The van der Waals surface area contributed by atoms with Crippen molar-refractivity contribution in [2.24, 2.45) is 5.41 Å². The van der Waals surface area contributed by atoms with Crippen LogP contribution in [-0.4, -0.2) is 37.4 Å². The molecule has 1 fully saturated rings. The van der Waals surface area contributed by atoms with Gasteiger partial charge in [-0.05, 0) is 12.8 Å². The molecule has 2 N–H and O–H groups in total. The van der Waals surface area contributed by atoms with Gasteiger partial charge in [-0.1, -0.05) is 12.8 Å². The molecule has 0 spiro atoms. The van der Waals surface area contributed by atoms with Gasteiger partial charge in [0, 0.05) is 12.0 Å². The van der Waals surface area contributed by atoms with E-state index in [1.54, 1.807) is 0 Å². The highest BCUT2D eigenvalue weighted by Gasteiger charge is 2.33. The van der Waals surface area contributed by atoms with Gasteiger partial charge in [-0.3, -0.25) is 4.79 Å². The van der Waals surface area contributed by atoms with Crippen molar-refractivity contribution in [2.75, 3.05) is 26.4 Å². The number of aliphatic hydroxyl groups excluding tert-OH is 1. The Bertz CT molecular complexity index is 308. The van der Waals surface area contributed by atoms with Crippen molar-refractivity contribution < 1.29 is 19.4 Å². The first-order chi connectivity index (χ1) is 8.26. The highest BCUT2D eigenvalue weighted by Crippen LogP contribution is 2.36. The maximum Gasteiger partial charge on any atom is 0.289 e. The summed E-state index contributed by atoms with van der Waals surface area (Å²) in [5.74, 6) is -0.0354. The van der Waals surface area contributed by atoms with Crippen LogP contribution in [0.5, 0.6) is 0 Å². The first kappa shape index (κ1) is 12.2. The van der Waals surface area contributed by atoms with E-state index in [1.165, 1.54) is 6.26 Å². The summed E-state index contributed by atoms with van der Waals surface area (Å²) in [5.41, 5.74) is -0.133. The van der Waals surface area contributed by atoms with Crippen molar-refractivity contribution >= 4 is 5.91 Å². The van der Waals surface area contributed by atoms with Crippen molar-refractivity contribution in [2.45, 2.75) is 25.7 Å². The quantitative estimate of drug-likeness (QED) is 0.754. The summed E-state index contributed by atoms with van der Waals surface area (Å²) in [6.45, 7) is 1.52. The molecule has 96 valence electrons. The van der Waals surface area contributed by atoms with Gasteiger partial charge < -0.3 is 19.9 Å². The van der Waals surface area contributed by atoms with Gasteiger partial charge in [0.1, 0.15) is 19.5 Å². The molecule has 1 heterocycles. The fourth-order valence-corrected chi connectivity index (χ4v) is 2.36. The molecule has 5 nitrogen and oxygen atoms in total. The summed E-state index contributed by atoms with van der Waals surface area (Å²) in [5, 5.41) is 12.2. The third kappa shape index (κ3) is 2.91. The predicted molar refractivity (Wildman–Crippen MR) is 61.0 cm³/mol. The summed E-state index contributed by atoms with van der Waals surface area (Å²) in [6, 6.07) is 0. The fraction of sp³-hybridized carbons (Fsp3) is 0.750. The first-order valence-electron chi connectivity index (χ1n) is 6.09. The molecule has 1 aliphatic heterocycles. The zero-order chi connectivity index (χ0) is 12.1. The van der Waals surface area contributed by atoms with E-state index in [2.05, 4.69) is 5.32 Å². The average molecular weight is 241 g/mol. The molecule has 2 aliphatic rings. The number of hydrogen-bond acceptors (Lipinski definition) is 4. The Morgan fingerprint density at radius 3 is 2.76 bits per heavy atom. The number of carbonyl (C=O) groups is 1. The van der Waals surface area contributed by atoms with E-state index in [0.29, 0.717) is 19.8 Å². The third-order valence-electron chi connectivity index (χ3n) is 3.50. The van der Waals surface area contributed by atoms with E-state index in [0.717, 1.165) is 25.7 Å². The molecule has 2 rings (SSSR count). The van der Waals surface area contributed by atoms with E-state index in [1.807, 2.05) is 0 Å². The Morgan fingerprint density at radius 2 is 2.18 bits per heavy atom. The Balaban J connectivity index is 1.84. The van der Waals surface area contributed by atoms with Crippen molar-refractivity contribution in [3.05, 3.63) is 12.0 Å². The van der Waals surface area contributed by atoms with Crippen LogP contribution >= 0.6 is 0 Å². The first-order valence-corrected chi connectivity index (χ1v) is 6.09. The van der Waals surface area contributed by atoms with Gasteiger partial charge in [0.25, 0.3) is 5.91 Å². The summed E-state index contributed by atoms with van der Waals surface area (Å²) in [6.07, 6.45) is 5.54. The average Bonchev–Trinajstić information content (AvgIpc) is 2.86. The third-order valence-corrected chi connectivity index (χ3v) is 3.50. The van der Waals surface area contributed by atoms with Crippen molar-refractivity contribution in [1.29, 1.82) is 0 Å². The maximum absolute atomic E-state index is 11.7. The van der Waals surface area contributed by atoms with E-state index in [4.69, 9.17) is 9.47 Å². The van der Waals surface area contributed by atoms with Crippen LogP contribution in [0, 0.1) is 5.41 Å². The number of aliphatic hydroxyl groups is 1. The standard InChI is InChI=1S/C12H19NO4/c14-9-12(3-1-2-4-12)8-13-11(15)10-7-16-5-6-17-10/h7,14H,1-6,8-9H2,(H,13,15). The molecule has 1 aliphatic carbocycles. The van der Waals surface area contributed by atoms with Crippen LogP contribution in [0.2, 0.25) is 0 Å². The van der Waals surface area contributed by atoms with Crippen LogP contribution in [-0.2, 0) is 14.3 Å². The zero-order valence-electron chi connectivity index (χ0n) is 9.91. The second-order valence-corrected chi connectivity index (χ2v) is 4.75. The molecule has 5 heteroatoms. The number of carbonyl (C=O) groups excluding carboxylic acids is 1. The monoisotopic (exact) mass is 241 g/mol. The lowest BCUT2D eigenvalue weighted by Crippen LogP contribution is -2.39. The van der Waals surface area contributed by atoms with Crippen LogP contribution in [0.25, 0.3) is 0 Å². The van der Waals surface area contributed by atoms with Gasteiger partial charge in [0.05, 0.1) is 6.61 Å². The van der Waals surface area contributed by atoms with Crippen LogP contribution in [0.1, 0.15) is 25.7 Å². The Morgan fingerprint density at radius 1 is 1.41 bits per heavy atom. The van der Waals surface area contributed by atoms with Crippen LogP contribution in [0.4, 0.5) is 0 Å². The Hall–Kier alpha value is -1.23. The molecule has 1 amide bonds. The SMILES string of the molecule is O=C(NCC1(CO)CCCC1)C1=COCCO1. The topological polar surface area (TPSA) is 67.8 Å². The molecule has 0 radical (unpaired) electrons. The summed E-state index contributed by atoms with van der Waals surface area (Å²) in [7, 11) is 0. The van der Waals surface area contributed by atoms with E-state index < -0.39 is 0 Å². The number of rotatable bonds is 4. The van der Waals surface area contributed by atoms with Crippen LogP contribution in [0.3, 0.4) is 0 Å². The van der Waals surface area contributed by atoms with Crippen molar-refractivity contribution in [1.82, 2.24) is 5.32 Å². The van der Waals surface area contributed by atoms with Crippen LogP contribution < -0.4 is 5.32 Å². The largest absolute Gasteiger partial charge is 0.494 e. The molecule has 17 heavy (non-hydrogen) atoms. The highest BCUT2D eigenvalue weighted by molar-refractivity contribution is 5.91. The molecule has 1 saturated carbocycles. The minimum Gasteiger partial charge on any atom is -0.494 e. The summed E-state index contributed by atoms with van der Waals surface area (Å²) in [4.78, 5) is 11.7. The highest BCUT2D eigenvalue weighted by atomic mass is 16.6. The lowest BCUT2D eigenvalue weighted by molar-refractivity contribution is -0.122. The van der Waals surface area contributed by atoms with Gasteiger partial charge >= 0.3 is 0 Å². The normalized spacial score (nSPS) is 22.3. The molecule has 0 aromatic rings. The summed E-state index contributed by atoms with van der Waals surface area (Å²) < 4.78 is 10.2. The maximum atomic E-state index is 11.7. The van der Waals surface area contributed by atoms with Gasteiger partial charge in [-0.15, -0.1) is 0 Å². The molecule has 0 saturated heterocycles. The number of nitrogens with one attached hydrogen (secondary N) is 1. The lowest BCUT2D eigenvalue weighted by atomic mass is 9.87. The second kappa shape index (κ2) is 5.40. The molecule has 0 bridgehead atoms. The molecule has 0 aromatic carbocycles. The minimum atomic E-state index is -0.260. The molecular formula is C12H19NO4. The lowest BCUT2D eigenvalue weighted by Gasteiger charge is -2.27. The molecule has 0 atom stereocenters. The van der Waals surface area contributed by atoms with Gasteiger partial charge in [0.2, 0.25) is 5.76 Å². The van der Waals surface area contributed by atoms with E-state index >= 15 is 0 Å². The van der Waals surface area contributed by atoms with Crippen molar-refractivity contribution in [3.8, 4) is 0 Å². The Kier molecular flexibility index (Phi) is 3.89. The number of ether oxygens (including phenoxy) is 2. The van der Waals surface area contributed by atoms with E-state index in [-0.39, 0.29) is 23.7 Å². The van der Waals surface area contributed by atoms with Crippen molar-refractivity contribution in [3.63, 3.8) is 0 Å². The number of hydrogen-bond donors (Lipinski definition) is 2. The predicted octanol–water partition coefficient (Wildman–Crippen LogP) is 0.543. The summed E-state index contributed by atoms with van der Waals surface area (Å²) >= 11 is 0. The number of amides is 1. The molecular weight excluding hydrogens is 222 g/mol. The van der Waals surface area contributed by atoms with Gasteiger partial charge in [0.15, 0.2) is 0 Å². The minimum absolute atomic E-state index is 0.129. The van der Waals surface area contributed by atoms with Gasteiger partial charge in [-0.2, -0.15) is 0 Å². The fourth-order valence-electron chi connectivity index (χ4n) is 2.36. The van der Waals surface area contributed by atoms with Gasteiger partial charge in [-0.25, -0.2) is 0 Å².